The van der Waals surface area contributed by atoms with E-state index in [1.807, 2.05) is 0 Å². The Hall–Kier alpha value is -2.87. The van der Waals surface area contributed by atoms with Crippen molar-refractivity contribution >= 4 is 45.4 Å². The predicted octanol–water partition coefficient (Wildman–Crippen LogP) is 3.59. The van der Waals surface area contributed by atoms with E-state index in [0.717, 1.165) is 0 Å². The van der Waals surface area contributed by atoms with Gasteiger partial charge in [-0.2, -0.15) is 0 Å². The molecule has 0 saturated heterocycles. The van der Waals surface area contributed by atoms with Gasteiger partial charge in [-0.3, -0.25) is 10.1 Å². The molecule has 3 rings (SSSR count). The second-order valence-corrected chi connectivity index (χ2v) is 5.47. The molecular weight excluding hydrogens is 322 g/mol. The molecule has 0 saturated carbocycles. The molecule has 0 aliphatic heterocycles. The molecule has 0 atom stereocenters. The first-order valence-electron chi connectivity index (χ1n) is 6.61. The number of nitrogens with zero attached hydrogens (tertiary/aromatic N) is 4. The van der Waals surface area contributed by atoms with Crippen LogP contribution in [0.5, 0.6) is 0 Å². The van der Waals surface area contributed by atoms with E-state index in [9.17, 15) is 10.1 Å². The Labute approximate surface area is 135 Å². The molecule has 1 aromatic heterocycles. The maximum atomic E-state index is 11.5. The minimum Gasteiger partial charge on any atom is -0.376 e. The van der Waals surface area contributed by atoms with Crippen LogP contribution < -0.4 is 10.2 Å². The lowest BCUT2D eigenvalue weighted by Gasteiger charge is -2.15. The van der Waals surface area contributed by atoms with E-state index in [4.69, 9.17) is 16.2 Å². The quantitative estimate of drug-likeness (QED) is 0.575. The van der Waals surface area contributed by atoms with Gasteiger partial charge in [0.15, 0.2) is 5.52 Å². The predicted molar refractivity (Wildman–Crippen MR) is 87.5 cm³/mol. The monoisotopic (exact) mass is 333 g/mol. The van der Waals surface area contributed by atoms with Crippen LogP contribution in [0.2, 0.25) is 5.02 Å². The molecule has 0 fully saturated rings. The van der Waals surface area contributed by atoms with Crippen LogP contribution in [0.1, 0.15) is 0 Å². The van der Waals surface area contributed by atoms with Gasteiger partial charge in [-0.15, -0.1) is 0 Å². The highest BCUT2D eigenvalue weighted by molar-refractivity contribution is 6.30. The molecule has 1 N–H and O–H groups in total. The second-order valence-electron chi connectivity index (χ2n) is 5.04. The molecule has 0 aliphatic carbocycles. The number of aromatic nitrogens is 2. The van der Waals surface area contributed by atoms with Gasteiger partial charge in [-0.05, 0) is 40.6 Å². The van der Waals surface area contributed by atoms with Crippen LogP contribution in [-0.2, 0) is 0 Å². The number of benzene rings is 2. The van der Waals surface area contributed by atoms with Gasteiger partial charge in [0.1, 0.15) is 5.69 Å². The number of fused-ring (bicyclic) bond motifs is 1. The maximum absolute atomic E-state index is 11.5. The van der Waals surface area contributed by atoms with Crippen LogP contribution in [0, 0.1) is 10.1 Å². The van der Waals surface area contributed by atoms with Crippen molar-refractivity contribution < 1.29 is 9.55 Å². The summed E-state index contributed by atoms with van der Waals surface area (Å²) in [5, 5.41) is 22.5. The van der Waals surface area contributed by atoms with E-state index in [0.29, 0.717) is 27.6 Å². The first-order valence-corrected chi connectivity index (χ1v) is 6.98. The SMILES string of the molecule is CN(C)c1cc(Nc2ccc(Cl)cc2)c([N+](=O)[O-])c2nonc12. The first-order chi connectivity index (χ1) is 11.0. The highest BCUT2D eigenvalue weighted by atomic mass is 35.5. The zero-order chi connectivity index (χ0) is 16.6. The van der Waals surface area contributed by atoms with E-state index in [1.54, 1.807) is 49.3 Å². The summed E-state index contributed by atoms with van der Waals surface area (Å²) in [6.07, 6.45) is 0. The molecule has 118 valence electrons. The Morgan fingerprint density at radius 1 is 1.22 bits per heavy atom. The van der Waals surface area contributed by atoms with Crippen molar-refractivity contribution in [2.45, 2.75) is 0 Å². The first kappa shape index (κ1) is 15.0. The van der Waals surface area contributed by atoms with E-state index in [2.05, 4.69) is 15.6 Å². The lowest BCUT2D eigenvalue weighted by atomic mass is 10.1. The van der Waals surface area contributed by atoms with Gasteiger partial charge in [0.25, 0.3) is 0 Å². The number of nitro groups is 1. The fraction of sp³-hybridized carbons (Fsp3) is 0.143. The molecule has 2 aromatic carbocycles. The fourth-order valence-electron chi connectivity index (χ4n) is 2.22. The standard InChI is InChI=1S/C14H12ClN5O3/c1-19(2)11-7-10(16-9-5-3-8(15)4-6-9)14(20(21)22)13-12(11)17-23-18-13/h3-7,16H,1-2H3. The van der Waals surface area contributed by atoms with Gasteiger partial charge in [0.2, 0.25) is 5.52 Å². The fourth-order valence-corrected chi connectivity index (χ4v) is 2.35. The molecule has 3 aromatic rings. The van der Waals surface area contributed by atoms with Gasteiger partial charge < -0.3 is 10.2 Å². The van der Waals surface area contributed by atoms with Crippen LogP contribution in [0.4, 0.5) is 22.7 Å². The van der Waals surface area contributed by atoms with Crippen LogP contribution in [0.15, 0.2) is 35.0 Å². The largest absolute Gasteiger partial charge is 0.376 e. The molecule has 1 heterocycles. The molecule has 0 radical (unpaired) electrons. The van der Waals surface area contributed by atoms with Gasteiger partial charge in [-0.1, -0.05) is 11.6 Å². The Bertz CT molecular complexity index is 876. The summed E-state index contributed by atoms with van der Waals surface area (Å²) in [5.74, 6) is 0. The number of rotatable bonds is 4. The number of nitro benzene ring substituents is 1. The average Bonchev–Trinajstić information content (AvgIpc) is 2.97. The van der Waals surface area contributed by atoms with Crippen LogP contribution in [0.25, 0.3) is 11.0 Å². The Morgan fingerprint density at radius 2 is 1.87 bits per heavy atom. The van der Waals surface area contributed by atoms with Gasteiger partial charge >= 0.3 is 5.69 Å². The topological polar surface area (TPSA) is 97.3 Å². The third-order valence-electron chi connectivity index (χ3n) is 3.28. The third-order valence-corrected chi connectivity index (χ3v) is 3.53. The molecule has 0 bridgehead atoms. The summed E-state index contributed by atoms with van der Waals surface area (Å²) >= 11 is 5.85. The normalized spacial score (nSPS) is 10.7. The smallest absolute Gasteiger partial charge is 0.324 e. The zero-order valence-electron chi connectivity index (χ0n) is 12.3. The number of hydrogen-bond acceptors (Lipinski definition) is 7. The van der Waals surface area contributed by atoms with Crippen molar-refractivity contribution in [1.29, 1.82) is 0 Å². The Morgan fingerprint density at radius 3 is 2.48 bits per heavy atom. The van der Waals surface area contributed by atoms with Crippen molar-refractivity contribution in [3.05, 3.63) is 45.5 Å². The average molecular weight is 334 g/mol. The molecule has 0 aliphatic rings. The van der Waals surface area contributed by atoms with Gasteiger partial charge in [0.05, 0.1) is 10.6 Å². The molecular formula is C14H12ClN5O3. The van der Waals surface area contributed by atoms with Crippen molar-refractivity contribution in [3.8, 4) is 0 Å². The minimum absolute atomic E-state index is 0.0951. The van der Waals surface area contributed by atoms with Crippen molar-refractivity contribution in [1.82, 2.24) is 10.3 Å². The third kappa shape index (κ3) is 2.76. The van der Waals surface area contributed by atoms with Crippen LogP contribution in [0.3, 0.4) is 0 Å². The highest BCUT2D eigenvalue weighted by Gasteiger charge is 2.26. The molecule has 0 amide bonds. The lowest BCUT2D eigenvalue weighted by Crippen LogP contribution is -2.10. The summed E-state index contributed by atoms with van der Waals surface area (Å²) in [6.45, 7) is 0. The summed E-state index contributed by atoms with van der Waals surface area (Å²) in [4.78, 5) is 12.8. The summed E-state index contributed by atoms with van der Waals surface area (Å²) < 4.78 is 4.69. The van der Waals surface area contributed by atoms with Crippen molar-refractivity contribution in [3.63, 3.8) is 0 Å². The zero-order valence-corrected chi connectivity index (χ0v) is 13.0. The van der Waals surface area contributed by atoms with Gasteiger partial charge in [0, 0.05) is 24.8 Å². The number of nitrogens with one attached hydrogen (secondary N) is 1. The molecule has 23 heavy (non-hydrogen) atoms. The van der Waals surface area contributed by atoms with Crippen LogP contribution >= 0.6 is 11.6 Å². The van der Waals surface area contributed by atoms with Crippen LogP contribution in [-0.4, -0.2) is 29.3 Å². The number of anilines is 3. The Kier molecular flexibility index (Phi) is 3.75. The van der Waals surface area contributed by atoms with E-state index in [1.165, 1.54) is 0 Å². The molecule has 0 unspecified atom stereocenters. The van der Waals surface area contributed by atoms with Crippen molar-refractivity contribution in [2.24, 2.45) is 0 Å². The number of hydrogen-bond donors (Lipinski definition) is 1. The number of halogens is 1. The molecule has 8 nitrogen and oxygen atoms in total. The highest BCUT2D eigenvalue weighted by Crippen LogP contribution is 2.39. The van der Waals surface area contributed by atoms with E-state index < -0.39 is 4.92 Å². The summed E-state index contributed by atoms with van der Waals surface area (Å²) in [5.41, 5.74) is 1.85. The van der Waals surface area contributed by atoms with E-state index >= 15 is 0 Å². The Balaban J connectivity index is 2.19. The second kappa shape index (κ2) is 5.73. The van der Waals surface area contributed by atoms with E-state index in [-0.39, 0.29) is 11.2 Å². The molecule has 9 heteroatoms. The summed E-state index contributed by atoms with van der Waals surface area (Å²) in [7, 11) is 3.61. The summed E-state index contributed by atoms with van der Waals surface area (Å²) in [6, 6.07) is 8.48. The minimum atomic E-state index is -0.510. The lowest BCUT2D eigenvalue weighted by molar-refractivity contribution is -0.382. The maximum Gasteiger partial charge on any atom is 0.324 e. The van der Waals surface area contributed by atoms with Gasteiger partial charge in [-0.25, -0.2) is 4.63 Å². The van der Waals surface area contributed by atoms with Crippen molar-refractivity contribution in [2.75, 3.05) is 24.3 Å². The molecule has 0 spiro atoms.